The van der Waals surface area contributed by atoms with E-state index in [1.165, 1.54) is 6.08 Å². The fourth-order valence-electron chi connectivity index (χ4n) is 2.25. The monoisotopic (exact) mass is 250 g/mol. The first-order valence-corrected chi connectivity index (χ1v) is 5.88. The van der Waals surface area contributed by atoms with Crippen LogP contribution in [-0.2, 0) is 0 Å². The van der Waals surface area contributed by atoms with E-state index in [-0.39, 0.29) is 17.4 Å². The highest BCUT2D eigenvalue weighted by Gasteiger charge is 2.35. The lowest BCUT2D eigenvalue weighted by Crippen LogP contribution is -2.42. The summed E-state index contributed by atoms with van der Waals surface area (Å²) in [5.41, 5.74) is -0.293. The third kappa shape index (κ3) is 4.68. The van der Waals surface area contributed by atoms with Crippen LogP contribution in [-0.4, -0.2) is 44.3 Å². The Morgan fingerprint density at radius 2 is 2.00 bits per heavy atom. The van der Waals surface area contributed by atoms with Crippen LogP contribution in [0, 0.1) is 5.41 Å². The van der Waals surface area contributed by atoms with Crippen LogP contribution in [0.25, 0.3) is 0 Å². The third-order valence-electron chi connectivity index (χ3n) is 2.96. The maximum absolute atomic E-state index is 12.4. The molecule has 1 rings (SSSR count). The zero-order valence-electron chi connectivity index (χ0n) is 10.7. The van der Waals surface area contributed by atoms with Crippen molar-refractivity contribution in [3.05, 3.63) is 11.6 Å². The van der Waals surface area contributed by atoms with Gasteiger partial charge in [0.05, 0.1) is 0 Å². The molecular weight excluding hydrogens is 229 g/mol. The van der Waals surface area contributed by atoms with Gasteiger partial charge in [-0.25, -0.2) is 0 Å². The van der Waals surface area contributed by atoms with Crippen LogP contribution in [0.5, 0.6) is 0 Å². The van der Waals surface area contributed by atoms with E-state index in [1.807, 2.05) is 7.05 Å². The third-order valence-corrected chi connectivity index (χ3v) is 2.96. The molecule has 1 heterocycles. The molecule has 1 aliphatic rings. The van der Waals surface area contributed by atoms with Gasteiger partial charge in [0.15, 0.2) is 0 Å². The van der Waals surface area contributed by atoms with Crippen molar-refractivity contribution >= 4 is 0 Å². The van der Waals surface area contributed by atoms with Crippen molar-refractivity contribution in [3.63, 3.8) is 0 Å². The summed E-state index contributed by atoms with van der Waals surface area (Å²) in [7, 11) is 1.89. The molecule has 1 N–H and O–H groups in total. The summed E-state index contributed by atoms with van der Waals surface area (Å²) >= 11 is 0. The highest BCUT2D eigenvalue weighted by Crippen LogP contribution is 2.30. The Labute approximate surface area is 101 Å². The van der Waals surface area contributed by atoms with Crippen LogP contribution >= 0.6 is 0 Å². The van der Waals surface area contributed by atoms with Crippen LogP contribution in [0.4, 0.5) is 13.2 Å². The Bertz CT molecular complexity index is 282. The Morgan fingerprint density at radius 3 is 2.41 bits per heavy atom. The molecule has 100 valence electrons. The van der Waals surface area contributed by atoms with Crippen LogP contribution in [0.2, 0.25) is 0 Å². The summed E-state index contributed by atoms with van der Waals surface area (Å²) < 4.78 is 37.3. The van der Waals surface area contributed by atoms with Crippen molar-refractivity contribution in [3.8, 4) is 0 Å². The molecule has 0 aromatic carbocycles. The van der Waals surface area contributed by atoms with Gasteiger partial charge in [0.25, 0.3) is 0 Å². The number of hydrogen-bond acceptors (Lipinski definition) is 2. The zero-order chi connectivity index (χ0) is 13.1. The second-order valence-corrected chi connectivity index (χ2v) is 5.41. The van der Waals surface area contributed by atoms with Crippen molar-refractivity contribution in [1.29, 1.82) is 0 Å². The first-order valence-electron chi connectivity index (χ1n) is 5.88. The molecule has 0 radical (unpaired) electrons. The molecular formula is C12H21F3N2. The molecule has 5 heteroatoms. The van der Waals surface area contributed by atoms with Gasteiger partial charge in [-0.3, -0.25) is 4.90 Å². The number of nitrogens with one attached hydrogen (secondary N) is 1. The summed E-state index contributed by atoms with van der Waals surface area (Å²) in [6.07, 6.45) is -2.72. The predicted octanol–water partition coefficient (Wildman–Crippen LogP) is 2.43. The lowest BCUT2D eigenvalue weighted by molar-refractivity contribution is -0.0962. The highest BCUT2D eigenvalue weighted by atomic mass is 19.4. The van der Waals surface area contributed by atoms with Crippen LogP contribution < -0.4 is 5.32 Å². The molecule has 0 atom stereocenters. The van der Waals surface area contributed by atoms with E-state index in [9.17, 15) is 13.2 Å². The fourth-order valence-corrected chi connectivity index (χ4v) is 2.25. The van der Waals surface area contributed by atoms with Gasteiger partial charge in [-0.15, -0.1) is 0 Å². The lowest BCUT2D eigenvalue weighted by Gasteiger charge is -2.34. The Hall–Kier alpha value is -0.550. The molecule has 0 bridgehead atoms. The van der Waals surface area contributed by atoms with Crippen molar-refractivity contribution in [2.75, 3.05) is 33.2 Å². The standard InChI is InChI=1S/C12H21F3N2/c1-11(2,8-16-3)9-17-6-4-10(5-7-17)12(13,14)15/h4,16H,5-9H2,1-3H3. The molecule has 2 nitrogen and oxygen atoms in total. The summed E-state index contributed by atoms with van der Waals surface area (Å²) in [4.78, 5) is 2.08. The number of nitrogens with zero attached hydrogens (tertiary/aromatic N) is 1. The maximum atomic E-state index is 12.4. The van der Waals surface area contributed by atoms with E-state index in [2.05, 4.69) is 24.1 Å². The minimum absolute atomic E-state index is 0.0817. The van der Waals surface area contributed by atoms with Gasteiger partial charge in [-0.1, -0.05) is 19.9 Å². The predicted molar refractivity (Wildman–Crippen MR) is 62.9 cm³/mol. The SMILES string of the molecule is CNCC(C)(C)CN1CC=C(C(F)(F)F)CC1. The number of halogens is 3. The number of alkyl halides is 3. The molecule has 0 aromatic rings. The largest absolute Gasteiger partial charge is 0.412 e. The number of hydrogen-bond donors (Lipinski definition) is 1. The molecule has 0 fully saturated rings. The molecule has 0 saturated carbocycles. The summed E-state index contributed by atoms with van der Waals surface area (Å²) in [6.45, 7) is 6.81. The maximum Gasteiger partial charge on any atom is 0.412 e. The van der Waals surface area contributed by atoms with E-state index in [4.69, 9.17) is 0 Å². The number of rotatable bonds is 4. The van der Waals surface area contributed by atoms with Gasteiger partial charge in [0.2, 0.25) is 0 Å². The van der Waals surface area contributed by atoms with Gasteiger partial charge in [-0.05, 0) is 18.9 Å². The molecule has 0 saturated heterocycles. The Balaban J connectivity index is 2.50. The van der Waals surface area contributed by atoms with Crippen molar-refractivity contribution in [2.24, 2.45) is 5.41 Å². The molecule has 0 unspecified atom stereocenters. The van der Waals surface area contributed by atoms with Crippen molar-refractivity contribution in [2.45, 2.75) is 26.4 Å². The summed E-state index contributed by atoms with van der Waals surface area (Å²) in [6, 6.07) is 0. The second-order valence-electron chi connectivity index (χ2n) is 5.41. The quantitative estimate of drug-likeness (QED) is 0.771. The van der Waals surface area contributed by atoms with Crippen LogP contribution in [0.1, 0.15) is 20.3 Å². The first kappa shape index (κ1) is 14.5. The van der Waals surface area contributed by atoms with Crippen LogP contribution in [0.3, 0.4) is 0 Å². The topological polar surface area (TPSA) is 15.3 Å². The average molecular weight is 250 g/mol. The van der Waals surface area contributed by atoms with Crippen molar-refractivity contribution < 1.29 is 13.2 Å². The smallest absolute Gasteiger partial charge is 0.319 e. The van der Waals surface area contributed by atoms with Gasteiger partial charge in [0.1, 0.15) is 0 Å². The van der Waals surface area contributed by atoms with Gasteiger partial charge < -0.3 is 5.32 Å². The Kier molecular flexibility index (Phi) is 4.61. The minimum Gasteiger partial charge on any atom is -0.319 e. The second kappa shape index (κ2) is 5.40. The summed E-state index contributed by atoms with van der Waals surface area (Å²) in [5.74, 6) is 0. The highest BCUT2D eigenvalue weighted by molar-refractivity contribution is 5.13. The minimum atomic E-state index is -4.15. The van der Waals surface area contributed by atoms with E-state index < -0.39 is 6.18 Å². The summed E-state index contributed by atoms with van der Waals surface area (Å²) in [5, 5.41) is 3.11. The van der Waals surface area contributed by atoms with Gasteiger partial charge in [0, 0.05) is 31.8 Å². The zero-order valence-corrected chi connectivity index (χ0v) is 10.7. The molecule has 0 aliphatic carbocycles. The van der Waals surface area contributed by atoms with E-state index in [0.717, 1.165) is 13.1 Å². The lowest BCUT2D eigenvalue weighted by atomic mass is 9.92. The van der Waals surface area contributed by atoms with E-state index in [0.29, 0.717) is 13.1 Å². The average Bonchev–Trinajstić information content (AvgIpc) is 2.16. The normalized spacial score (nSPS) is 19.3. The molecule has 0 spiro atoms. The molecule has 1 aliphatic heterocycles. The first-order chi connectivity index (χ1) is 7.74. The molecule has 0 amide bonds. The van der Waals surface area contributed by atoms with Crippen molar-refractivity contribution in [1.82, 2.24) is 10.2 Å². The van der Waals surface area contributed by atoms with Crippen LogP contribution in [0.15, 0.2) is 11.6 Å². The molecule has 0 aromatic heterocycles. The fraction of sp³-hybridized carbons (Fsp3) is 0.833. The Morgan fingerprint density at radius 1 is 1.35 bits per heavy atom. The van der Waals surface area contributed by atoms with E-state index in [1.54, 1.807) is 0 Å². The van der Waals surface area contributed by atoms with Gasteiger partial charge >= 0.3 is 6.18 Å². The molecule has 17 heavy (non-hydrogen) atoms. The van der Waals surface area contributed by atoms with Gasteiger partial charge in [-0.2, -0.15) is 13.2 Å². The van der Waals surface area contributed by atoms with E-state index >= 15 is 0 Å².